The van der Waals surface area contributed by atoms with Crippen LogP contribution in [0.5, 0.6) is 0 Å². The summed E-state index contributed by atoms with van der Waals surface area (Å²) in [5, 5.41) is 4.29. The fraction of sp³-hybridized carbons (Fsp3) is 0.400. The van der Waals surface area contributed by atoms with Crippen molar-refractivity contribution in [3.63, 3.8) is 0 Å². The molecule has 0 saturated carbocycles. The molecular formula is C25H30FN3O4S. The number of anilines is 1. The molecule has 3 aromatic rings. The van der Waals surface area contributed by atoms with Crippen LogP contribution in [0.2, 0.25) is 0 Å². The first-order valence-electron chi connectivity index (χ1n) is 11.4. The number of morpholine rings is 1. The van der Waals surface area contributed by atoms with E-state index in [4.69, 9.17) is 9.26 Å². The average molecular weight is 488 g/mol. The second-order valence-corrected chi connectivity index (χ2v) is 10.9. The third kappa shape index (κ3) is 5.32. The van der Waals surface area contributed by atoms with Crippen molar-refractivity contribution in [1.82, 2.24) is 9.46 Å². The Morgan fingerprint density at radius 3 is 2.32 bits per heavy atom. The molecule has 1 aliphatic heterocycles. The van der Waals surface area contributed by atoms with Crippen LogP contribution in [0.1, 0.15) is 25.0 Å². The number of hydrogen-bond donors (Lipinski definition) is 0. The van der Waals surface area contributed by atoms with Gasteiger partial charge in [0.1, 0.15) is 11.5 Å². The van der Waals surface area contributed by atoms with Gasteiger partial charge in [0.05, 0.1) is 23.7 Å². The van der Waals surface area contributed by atoms with Crippen LogP contribution >= 0.6 is 0 Å². The Hall–Kier alpha value is -2.75. The average Bonchev–Trinajstić information content (AvgIpc) is 3.23. The smallest absolute Gasteiger partial charge is 0.243 e. The number of aromatic nitrogens is 1. The topological polar surface area (TPSA) is 75.9 Å². The molecule has 7 nitrogen and oxygen atoms in total. The van der Waals surface area contributed by atoms with Gasteiger partial charge in [-0.15, -0.1) is 0 Å². The SMILES string of the molecule is Cc1ccc(S(=O)(=O)N(Cc2c(-c3ccc(F)cc3)noc2N2CCOCC2)CC(C)C)cc1. The molecule has 1 saturated heterocycles. The lowest BCUT2D eigenvalue weighted by molar-refractivity contribution is 0.120. The van der Waals surface area contributed by atoms with E-state index >= 15 is 0 Å². The number of benzene rings is 2. The van der Waals surface area contributed by atoms with Gasteiger partial charge in [-0.25, -0.2) is 12.8 Å². The molecule has 1 aromatic heterocycles. The first-order valence-corrected chi connectivity index (χ1v) is 12.8. The van der Waals surface area contributed by atoms with E-state index in [0.29, 0.717) is 55.6 Å². The maximum absolute atomic E-state index is 13.7. The van der Waals surface area contributed by atoms with E-state index < -0.39 is 10.0 Å². The third-order valence-corrected chi connectivity index (χ3v) is 7.57. The molecule has 0 unspecified atom stereocenters. The summed E-state index contributed by atoms with van der Waals surface area (Å²) in [5.41, 5.74) is 2.82. The molecule has 4 rings (SSSR count). The molecule has 2 aromatic carbocycles. The second kappa shape index (κ2) is 10.2. The van der Waals surface area contributed by atoms with Crippen molar-refractivity contribution >= 4 is 15.9 Å². The first kappa shape index (κ1) is 24.4. The van der Waals surface area contributed by atoms with Crippen LogP contribution in [0, 0.1) is 18.7 Å². The summed E-state index contributed by atoms with van der Waals surface area (Å²) >= 11 is 0. The summed E-state index contributed by atoms with van der Waals surface area (Å²) in [6.07, 6.45) is 0. The number of rotatable bonds is 8. The first-order chi connectivity index (χ1) is 16.3. The molecule has 0 aliphatic carbocycles. The summed E-state index contributed by atoms with van der Waals surface area (Å²) < 4.78 is 53.6. The molecule has 1 aliphatic rings. The standard InChI is InChI=1S/C25H30FN3O4S/c1-18(2)16-29(34(30,31)22-10-4-19(3)5-11-22)17-23-24(20-6-8-21(26)9-7-20)27-33-25(23)28-12-14-32-15-13-28/h4-11,18H,12-17H2,1-3H3. The predicted molar refractivity (Wildman–Crippen MR) is 129 cm³/mol. The molecule has 0 bridgehead atoms. The maximum atomic E-state index is 13.7. The molecular weight excluding hydrogens is 457 g/mol. The van der Waals surface area contributed by atoms with E-state index in [2.05, 4.69) is 5.16 Å². The highest BCUT2D eigenvalue weighted by molar-refractivity contribution is 7.89. The number of halogens is 1. The van der Waals surface area contributed by atoms with Crippen molar-refractivity contribution < 1.29 is 22.1 Å². The van der Waals surface area contributed by atoms with Crippen LogP contribution < -0.4 is 4.90 Å². The van der Waals surface area contributed by atoms with Gasteiger partial charge in [0, 0.05) is 31.7 Å². The van der Waals surface area contributed by atoms with Crippen molar-refractivity contribution in [3.05, 3.63) is 65.5 Å². The number of hydrogen-bond acceptors (Lipinski definition) is 6. The Labute approximate surface area is 200 Å². The highest BCUT2D eigenvalue weighted by Crippen LogP contribution is 2.34. The van der Waals surface area contributed by atoms with Gasteiger partial charge in [-0.3, -0.25) is 0 Å². The molecule has 182 valence electrons. The van der Waals surface area contributed by atoms with Crippen molar-refractivity contribution in [2.24, 2.45) is 5.92 Å². The number of nitrogens with zero attached hydrogens (tertiary/aromatic N) is 3. The minimum atomic E-state index is -3.78. The number of sulfonamides is 1. The third-order valence-electron chi connectivity index (χ3n) is 5.75. The van der Waals surface area contributed by atoms with Crippen LogP contribution in [0.3, 0.4) is 0 Å². The lowest BCUT2D eigenvalue weighted by Crippen LogP contribution is -2.38. The van der Waals surface area contributed by atoms with Crippen LogP contribution in [0.15, 0.2) is 57.9 Å². The van der Waals surface area contributed by atoms with Gasteiger partial charge in [-0.1, -0.05) is 36.7 Å². The Morgan fingerprint density at radius 1 is 1.06 bits per heavy atom. The van der Waals surface area contributed by atoms with Gasteiger partial charge in [0.15, 0.2) is 0 Å². The minimum Gasteiger partial charge on any atom is -0.378 e. The number of ether oxygens (including phenoxy) is 1. The summed E-state index contributed by atoms with van der Waals surface area (Å²) in [7, 11) is -3.78. The van der Waals surface area contributed by atoms with E-state index in [1.54, 1.807) is 36.4 Å². The zero-order valence-corrected chi connectivity index (χ0v) is 20.5. The quantitative estimate of drug-likeness (QED) is 0.467. The summed E-state index contributed by atoms with van der Waals surface area (Å²) in [4.78, 5) is 2.26. The normalized spacial score (nSPS) is 14.8. The van der Waals surface area contributed by atoms with Crippen molar-refractivity contribution in [3.8, 4) is 11.3 Å². The Kier molecular flexibility index (Phi) is 7.35. The van der Waals surface area contributed by atoms with E-state index in [-0.39, 0.29) is 23.2 Å². The minimum absolute atomic E-state index is 0.0806. The Balaban J connectivity index is 1.78. The second-order valence-electron chi connectivity index (χ2n) is 8.93. The lowest BCUT2D eigenvalue weighted by Gasteiger charge is -2.28. The zero-order valence-electron chi connectivity index (χ0n) is 19.7. The van der Waals surface area contributed by atoms with Gasteiger partial charge in [-0.2, -0.15) is 4.31 Å². The Morgan fingerprint density at radius 2 is 1.71 bits per heavy atom. The molecule has 0 spiro atoms. The molecule has 0 N–H and O–H groups in total. The van der Waals surface area contributed by atoms with Crippen LogP contribution in [0.25, 0.3) is 11.3 Å². The van der Waals surface area contributed by atoms with Crippen molar-refractivity contribution in [2.75, 3.05) is 37.7 Å². The lowest BCUT2D eigenvalue weighted by atomic mass is 10.1. The molecule has 0 atom stereocenters. The molecule has 9 heteroatoms. The van der Waals surface area contributed by atoms with Gasteiger partial charge in [0.2, 0.25) is 15.9 Å². The summed E-state index contributed by atoms with van der Waals surface area (Å²) in [6, 6.07) is 12.8. The van der Waals surface area contributed by atoms with Crippen LogP contribution in [-0.4, -0.2) is 50.7 Å². The summed E-state index contributed by atoms with van der Waals surface area (Å²) in [6.45, 7) is 8.60. The van der Waals surface area contributed by atoms with Crippen LogP contribution in [-0.2, 0) is 21.3 Å². The van der Waals surface area contributed by atoms with Crippen LogP contribution in [0.4, 0.5) is 10.3 Å². The Bertz CT molecular complexity index is 1200. The maximum Gasteiger partial charge on any atom is 0.243 e. The highest BCUT2D eigenvalue weighted by atomic mass is 32.2. The number of aryl methyl sites for hydroxylation is 1. The fourth-order valence-corrected chi connectivity index (χ4v) is 5.55. The highest BCUT2D eigenvalue weighted by Gasteiger charge is 2.31. The van der Waals surface area contributed by atoms with E-state index in [1.807, 2.05) is 25.7 Å². The molecule has 1 fully saturated rings. The van der Waals surface area contributed by atoms with Gasteiger partial charge < -0.3 is 14.2 Å². The predicted octanol–water partition coefficient (Wildman–Crippen LogP) is 4.47. The van der Waals surface area contributed by atoms with Gasteiger partial charge in [-0.05, 0) is 49.2 Å². The molecule has 0 radical (unpaired) electrons. The molecule has 0 amide bonds. The van der Waals surface area contributed by atoms with Crippen molar-refractivity contribution in [1.29, 1.82) is 0 Å². The zero-order chi connectivity index (χ0) is 24.3. The van der Waals surface area contributed by atoms with E-state index in [1.165, 1.54) is 16.4 Å². The monoisotopic (exact) mass is 487 g/mol. The van der Waals surface area contributed by atoms with Gasteiger partial charge >= 0.3 is 0 Å². The van der Waals surface area contributed by atoms with Gasteiger partial charge in [0.25, 0.3) is 0 Å². The van der Waals surface area contributed by atoms with E-state index in [9.17, 15) is 12.8 Å². The largest absolute Gasteiger partial charge is 0.378 e. The van der Waals surface area contributed by atoms with E-state index in [0.717, 1.165) is 5.56 Å². The molecule has 34 heavy (non-hydrogen) atoms. The van der Waals surface area contributed by atoms with Crippen molar-refractivity contribution in [2.45, 2.75) is 32.2 Å². The summed E-state index contributed by atoms with van der Waals surface area (Å²) in [5.74, 6) is 0.266. The fourth-order valence-electron chi connectivity index (χ4n) is 3.98. The molecule has 2 heterocycles.